The molecule has 4 aromatic carbocycles. The standard InChI is InChI=1S/C58H72N14O19/c59-37(7-4-20-63-58(61)62)50(83)64-28-46(77)67-42(26-48(79)80)55(88)68-38(22-31-8-14-34(73)15-9-31)51(84)65-29-47(78)66-41(25-45(60)76)54(87)70-40(23-32-10-16-35(74)17-11-32)52(85)69-39(21-30-5-2-1-3-6-30)53(86)71-43(27-49(81)82)56(89)72-44(57(90)91)24-33-12-18-36(75)19-13-33/h1-3,5-6,8-19,37-44,73-75H,4,7,20-29,59H2,(H2,60,76)(H,64,83)(H,65,84)(H,66,78)(H,67,77)(H,68,88)(H,69,85)(H,70,87)(H,71,86)(H,72,89)(H,79,80)(H,81,82)(H,90,91)(H4,61,62,63)/t37-,38-,39-,40-,41-,42-,43-,44-/m0/s1. The van der Waals surface area contributed by atoms with Crippen molar-refractivity contribution in [2.24, 2.45) is 27.9 Å². The van der Waals surface area contributed by atoms with Crippen molar-refractivity contribution in [1.29, 1.82) is 0 Å². The molecule has 488 valence electrons. The van der Waals surface area contributed by atoms with Crippen LogP contribution in [0.25, 0.3) is 0 Å². The number of aromatic hydroxyl groups is 3. The van der Waals surface area contributed by atoms with E-state index in [2.05, 4.69) is 52.8 Å². The molecule has 0 heterocycles. The van der Waals surface area contributed by atoms with Gasteiger partial charge in [-0.1, -0.05) is 66.7 Å². The number of hydrogen-bond donors (Lipinski definition) is 19. The smallest absolute Gasteiger partial charge is 0.326 e. The van der Waals surface area contributed by atoms with E-state index in [4.69, 9.17) is 22.9 Å². The van der Waals surface area contributed by atoms with E-state index in [9.17, 15) is 93.0 Å². The number of aliphatic carboxylic acids is 3. The molecule has 91 heavy (non-hydrogen) atoms. The minimum absolute atomic E-state index is 0.109. The maximum absolute atomic E-state index is 14.5. The molecular weight excluding hydrogens is 1200 g/mol. The van der Waals surface area contributed by atoms with Gasteiger partial charge in [0.15, 0.2) is 5.96 Å². The fraction of sp³-hybridized carbons (Fsp3) is 0.345. The van der Waals surface area contributed by atoms with Crippen LogP contribution in [0.2, 0.25) is 0 Å². The molecule has 0 spiro atoms. The van der Waals surface area contributed by atoms with Gasteiger partial charge in [0.05, 0.1) is 38.4 Å². The van der Waals surface area contributed by atoms with Crippen LogP contribution in [0.4, 0.5) is 0 Å². The molecule has 0 aliphatic rings. The minimum Gasteiger partial charge on any atom is -0.508 e. The molecule has 4 rings (SSSR count). The molecule has 4 aromatic rings. The topological polar surface area (TPSA) is 568 Å². The van der Waals surface area contributed by atoms with E-state index >= 15 is 0 Å². The van der Waals surface area contributed by atoms with E-state index in [1.807, 2.05) is 0 Å². The number of primary amides is 1. The molecule has 0 aliphatic heterocycles. The summed E-state index contributed by atoms with van der Waals surface area (Å²) in [6.45, 7) is -1.60. The van der Waals surface area contributed by atoms with Crippen LogP contribution in [0.5, 0.6) is 17.2 Å². The number of carbonyl (C=O) groups is 13. The number of phenols is 3. The van der Waals surface area contributed by atoms with Gasteiger partial charge in [-0.05, 0) is 71.5 Å². The second kappa shape index (κ2) is 36.1. The van der Waals surface area contributed by atoms with Crippen molar-refractivity contribution in [3.63, 3.8) is 0 Å². The number of benzene rings is 4. The number of hydrogen-bond acceptors (Lipinski definition) is 18. The average molecular weight is 1270 g/mol. The van der Waals surface area contributed by atoms with Crippen molar-refractivity contribution >= 4 is 82.9 Å². The van der Waals surface area contributed by atoms with Crippen molar-refractivity contribution in [2.75, 3.05) is 19.6 Å². The van der Waals surface area contributed by atoms with Gasteiger partial charge in [0.1, 0.15) is 59.5 Å². The van der Waals surface area contributed by atoms with Gasteiger partial charge in [-0.3, -0.25) is 62.5 Å². The summed E-state index contributed by atoms with van der Waals surface area (Å²) < 4.78 is 0. The molecule has 33 heteroatoms. The first-order valence-corrected chi connectivity index (χ1v) is 27.8. The van der Waals surface area contributed by atoms with Gasteiger partial charge in [-0.2, -0.15) is 0 Å². The molecule has 0 unspecified atom stereocenters. The number of carboxylic acids is 3. The van der Waals surface area contributed by atoms with Crippen LogP contribution in [-0.2, 0) is 88.0 Å². The molecule has 33 nitrogen and oxygen atoms in total. The third-order valence-electron chi connectivity index (χ3n) is 13.2. The number of nitrogens with one attached hydrogen (secondary N) is 9. The van der Waals surface area contributed by atoms with Crippen molar-refractivity contribution < 1.29 is 93.0 Å². The van der Waals surface area contributed by atoms with Gasteiger partial charge in [0, 0.05) is 32.2 Å². The zero-order valence-electron chi connectivity index (χ0n) is 48.7. The quantitative estimate of drug-likeness (QED) is 0.0114. The van der Waals surface area contributed by atoms with E-state index in [0.29, 0.717) is 23.1 Å². The Hall–Kier alpha value is -11.4. The zero-order chi connectivity index (χ0) is 67.3. The number of nitrogens with zero attached hydrogens (tertiary/aromatic N) is 1. The van der Waals surface area contributed by atoms with E-state index in [1.165, 1.54) is 72.8 Å². The highest BCUT2D eigenvalue weighted by molar-refractivity contribution is 5.99. The summed E-state index contributed by atoms with van der Waals surface area (Å²) in [5.41, 5.74) is 23.3. The molecule has 23 N–H and O–H groups in total. The molecular formula is C58H72N14O19. The van der Waals surface area contributed by atoms with Gasteiger partial charge < -0.3 is 101 Å². The van der Waals surface area contributed by atoms with Crippen LogP contribution in [0.3, 0.4) is 0 Å². The Morgan fingerprint density at radius 2 is 0.725 bits per heavy atom. The van der Waals surface area contributed by atoms with E-state index in [0.717, 1.165) is 0 Å². The van der Waals surface area contributed by atoms with Crippen molar-refractivity contribution in [1.82, 2.24) is 47.9 Å². The summed E-state index contributed by atoms with van der Waals surface area (Å²) in [5.74, 6) is -16.7. The van der Waals surface area contributed by atoms with Crippen LogP contribution in [0.1, 0.15) is 54.4 Å². The van der Waals surface area contributed by atoms with Gasteiger partial charge >= 0.3 is 17.9 Å². The molecule has 0 aromatic heterocycles. The summed E-state index contributed by atoms with van der Waals surface area (Å²) in [6.07, 6.45) is -4.12. The summed E-state index contributed by atoms with van der Waals surface area (Å²) in [7, 11) is 0. The van der Waals surface area contributed by atoms with E-state index in [-0.39, 0.29) is 61.0 Å². The average Bonchev–Trinajstić information content (AvgIpc) is 3.25. The number of guanidine groups is 1. The number of aliphatic imine (C=N–C) groups is 1. The zero-order valence-corrected chi connectivity index (χ0v) is 48.7. The van der Waals surface area contributed by atoms with E-state index < -0.39 is 164 Å². The Balaban J connectivity index is 1.55. The highest BCUT2D eigenvalue weighted by Crippen LogP contribution is 2.16. The Bertz CT molecular complexity index is 3260. The SMILES string of the molecule is NC(=O)C[C@H](NC(=O)CNC(=O)[C@H](Cc1ccc(O)cc1)NC(=O)[C@H](CC(=O)O)NC(=O)CNC(=O)[C@@H](N)CCCN=C(N)N)C(=O)N[C@@H](Cc1ccc(O)cc1)C(=O)N[C@@H](Cc1ccccc1)C(=O)N[C@@H](CC(=O)O)C(=O)N[C@@H](Cc1ccc(O)cc1)C(=O)O. The first-order valence-electron chi connectivity index (χ1n) is 27.8. The lowest BCUT2D eigenvalue weighted by atomic mass is 10.0. The number of rotatable bonds is 37. The lowest BCUT2D eigenvalue weighted by Crippen LogP contribution is -2.60. The summed E-state index contributed by atoms with van der Waals surface area (Å²) in [6, 6.07) is 10.1. The van der Waals surface area contributed by atoms with Gasteiger partial charge in [0.25, 0.3) is 0 Å². The van der Waals surface area contributed by atoms with Crippen molar-refractivity contribution in [3.8, 4) is 17.2 Å². The fourth-order valence-electron chi connectivity index (χ4n) is 8.55. The molecule has 0 saturated carbocycles. The first-order chi connectivity index (χ1) is 43.0. The fourth-order valence-corrected chi connectivity index (χ4v) is 8.55. The maximum atomic E-state index is 14.5. The monoisotopic (exact) mass is 1270 g/mol. The largest absolute Gasteiger partial charge is 0.508 e. The van der Waals surface area contributed by atoms with Gasteiger partial charge in [-0.15, -0.1) is 0 Å². The van der Waals surface area contributed by atoms with Crippen LogP contribution in [0.15, 0.2) is 108 Å². The van der Waals surface area contributed by atoms with Crippen LogP contribution >= 0.6 is 0 Å². The Kier molecular flexibility index (Phi) is 28.6. The minimum atomic E-state index is -1.95. The second-order valence-electron chi connectivity index (χ2n) is 20.5. The lowest BCUT2D eigenvalue weighted by Gasteiger charge is -2.27. The molecule has 0 fully saturated rings. The molecule has 8 atom stereocenters. The van der Waals surface area contributed by atoms with Crippen molar-refractivity contribution in [3.05, 3.63) is 125 Å². The van der Waals surface area contributed by atoms with E-state index in [1.54, 1.807) is 30.3 Å². The third kappa shape index (κ3) is 26.6. The predicted molar refractivity (Wildman–Crippen MR) is 319 cm³/mol. The predicted octanol–water partition coefficient (Wildman–Crippen LogP) is -5.01. The number of phenolic OH excluding ortho intramolecular Hbond substituents is 3. The summed E-state index contributed by atoms with van der Waals surface area (Å²) in [4.78, 5) is 176. The summed E-state index contributed by atoms with van der Waals surface area (Å²) in [5, 5.41) is 79.5. The second-order valence-corrected chi connectivity index (χ2v) is 20.5. The van der Waals surface area contributed by atoms with Gasteiger partial charge in [-0.25, -0.2) is 4.79 Å². The third-order valence-corrected chi connectivity index (χ3v) is 13.2. The van der Waals surface area contributed by atoms with Crippen molar-refractivity contribution in [2.45, 2.75) is 106 Å². The normalized spacial score (nSPS) is 13.4. The molecule has 0 aliphatic carbocycles. The lowest BCUT2D eigenvalue weighted by molar-refractivity contribution is -0.144. The highest BCUT2D eigenvalue weighted by atomic mass is 16.4. The number of carbonyl (C=O) groups excluding carboxylic acids is 10. The van der Waals surface area contributed by atoms with Crippen LogP contribution < -0.4 is 70.8 Å². The highest BCUT2D eigenvalue weighted by Gasteiger charge is 2.35. The molecule has 10 amide bonds. The Morgan fingerprint density at radius 1 is 0.396 bits per heavy atom. The molecule has 0 bridgehead atoms. The number of amides is 10. The van der Waals surface area contributed by atoms with Crippen LogP contribution in [-0.4, -0.2) is 182 Å². The molecule has 0 saturated heterocycles. The first kappa shape index (κ1) is 72.1. The Morgan fingerprint density at radius 3 is 1.11 bits per heavy atom. The van der Waals surface area contributed by atoms with Crippen LogP contribution in [0, 0.1) is 0 Å². The Labute approximate surface area is 518 Å². The summed E-state index contributed by atoms with van der Waals surface area (Å²) >= 11 is 0. The number of carboxylic acid groups (broad SMARTS) is 3. The molecule has 0 radical (unpaired) electrons. The maximum Gasteiger partial charge on any atom is 0.326 e. The van der Waals surface area contributed by atoms with Gasteiger partial charge in [0.2, 0.25) is 59.1 Å². The number of nitrogens with two attached hydrogens (primary N) is 4.